The number of fused-ring (bicyclic) bond motifs is 3. The van der Waals surface area contributed by atoms with E-state index in [9.17, 15) is 14.4 Å². The molecule has 2 aromatic heterocycles. The van der Waals surface area contributed by atoms with Crippen LogP contribution in [0.25, 0.3) is 10.2 Å². The van der Waals surface area contributed by atoms with Crippen molar-refractivity contribution >= 4 is 50.8 Å². The van der Waals surface area contributed by atoms with E-state index in [0.717, 1.165) is 35.0 Å². The number of carbonyl (C=O) groups excluding carboxylic acids is 2. The molecule has 0 fully saturated rings. The lowest BCUT2D eigenvalue weighted by molar-refractivity contribution is -0.113. The van der Waals surface area contributed by atoms with Crippen LogP contribution in [-0.2, 0) is 23.4 Å². The van der Waals surface area contributed by atoms with Crippen LogP contribution in [0.2, 0.25) is 0 Å². The lowest BCUT2D eigenvalue weighted by Crippen LogP contribution is -2.22. The van der Waals surface area contributed by atoms with Gasteiger partial charge < -0.3 is 15.2 Å². The number of aromatic nitrogens is 2. The van der Waals surface area contributed by atoms with Gasteiger partial charge in [0.15, 0.2) is 0 Å². The highest BCUT2D eigenvalue weighted by molar-refractivity contribution is 7.99. The SMILES string of the molecule is CN(C)C(=O)c1cccc(NC(=O)CSCc2nc3sc4c(c3c(=O)[nH]2)CCC4)c1. The van der Waals surface area contributed by atoms with E-state index in [2.05, 4.69) is 15.3 Å². The van der Waals surface area contributed by atoms with E-state index in [0.29, 0.717) is 22.8 Å². The van der Waals surface area contributed by atoms with E-state index in [1.807, 2.05) is 0 Å². The second-order valence-corrected chi connectivity index (χ2v) is 9.44. The molecule has 1 aliphatic rings. The minimum absolute atomic E-state index is 0.0816. The standard InChI is InChI=1S/C21H22N4O3S2/c1-25(2)21(28)12-5-3-6-13(9-12)22-17(26)11-29-10-16-23-19(27)18-14-7-4-8-15(14)30-20(18)24-16/h3,5-6,9H,4,7-8,10-11H2,1-2H3,(H,22,26)(H,23,24,27). The number of aromatic amines is 1. The normalized spacial score (nSPS) is 12.7. The summed E-state index contributed by atoms with van der Waals surface area (Å²) in [6.07, 6.45) is 3.09. The van der Waals surface area contributed by atoms with Crippen LogP contribution in [0, 0.1) is 0 Å². The Balaban J connectivity index is 1.36. The van der Waals surface area contributed by atoms with E-state index in [1.54, 1.807) is 49.7 Å². The highest BCUT2D eigenvalue weighted by Gasteiger charge is 2.21. The first-order valence-electron chi connectivity index (χ1n) is 9.65. The highest BCUT2D eigenvalue weighted by Crippen LogP contribution is 2.34. The van der Waals surface area contributed by atoms with Gasteiger partial charge in [0, 0.05) is 30.2 Å². The number of thioether (sulfide) groups is 1. The molecule has 0 atom stereocenters. The zero-order valence-electron chi connectivity index (χ0n) is 16.8. The first kappa shape index (κ1) is 20.6. The van der Waals surface area contributed by atoms with Crippen LogP contribution >= 0.6 is 23.1 Å². The van der Waals surface area contributed by atoms with E-state index in [-0.39, 0.29) is 23.1 Å². The number of nitrogens with one attached hydrogen (secondary N) is 2. The Kier molecular flexibility index (Phi) is 5.92. The fraction of sp³-hybridized carbons (Fsp3) is 0.333. The molecule has 0 saturated heterocycles. The summed E-state index contributed by atoms with van der Waals surface area (Å²) in [4.78, 5) is 47.8. The second-order valence-electron chi connectivity index (χ2n) is 7.37. The second kappa shape index (κ2) is 8.61. The third-order valence-corrected chi connectivity index (χ3v) is 7.03. The van der Waals surface area contributed by atoms with Crippen molar-refractivity contribution in [1.82, 2.24) is 14.9 Å². The monoisotopic (exact) mass is 442 g/mol. The first-order valence-corrected chi connectivity index (χ1v) is 11.6. The molecule has 0 saturated carbocycles. The maximum Gasteiger partial charge on any atom is 0.259 e. The summed E-state index contributed by atoms with van der Waals surface area (Å²) in [7, 11) is 3.37. The molecule has 3 aromatic rings. The van der Waals surface area contributed by atoms with Gasteiger partial charge in [0.25, 0.3) is 11.5 Å². The Morgan fingerprint density at radius 1 is 1.30 bits per heavy atom. The maximum absolute atomic E-state index is 12.5. The third-order valence-electron chi connectivity index (χ3n) is 4.90. The quantitative estimate of drug-likeness (QED) is 0.612. The lowest BCUT2D eigenvalue weighted by Gasteiger charge is -2.11. The molecule has 0 spiro atoms. The van der Waals surface area contributed by atoms with Crippen molar-refractivity contribution < 1.29 is 9.59 Å². The number of amides is 2. The van der Waals surface area contributed by atoms with Crippen molar-refractivity contribution in [2.45, 2.75) is 25.0 Å². The summed E-state index contributed by atoms with van der Waals surface area (Å²) >= 11 is 2.99. The number of hydrogen-bond donors (Lipinski definition) is 2. The van der Waals surface area contributed by atoms with Crippen LogP contribution in [0.4, 0.5) is 5.69 Å². The van der Waals surface area contributed by atoms with E-state index < -0.39 is 0 Å². The number of rotatable bonds is 6. The summed E-state index contributed by atoms with van der Waals surface area (Å²) in [6.45, 7) is 0. The molecule has 2 N–H and O–H groups in total. The van der Waals surface area contributed by atoms with Gasteiger partial charge >= 0.3 is 0 Å². The number of hydrogen-bond acceptors (Lipinski definition) is 6. The molecular weight excluding hydrogens is 420 g/mol. The molecule has 1 aliphatic carbocycles. The first-order chi connectivity index (χ1) is 14.4. The van der Waals surface area contributed by atoms with Crippen LogP contribution < -0.4 is 10.9 Å². The van der Waals surface area contributed by atoms with Gasteiger partial charge in [-0.3, -0.25) is 14.4 Å². The van der Waals surface area contributed by atoms with Crippen LogP contribution in [-0.4, -0.2) is 46.5 Å². The van der Waals surface area contributed by atoms with E-state index in [1.165, 1.54) is 21.5 Å². The Bertz CT molecular complexity index is 1180. The number of H-pyrrole nitrogens is 1. The number of thiophene rings is 1. The van der Waals surface area contributed by atoms with Crippen molar-refractivity contribution in [1.29, 1.82) is 0 Å². The Morgan fingerprint density at radius 2 is 2.13 bits per heavy atom. The van der Waals surface area contributed by atoms with Gasteiger partial charge in [-0.15, -0.1) is 23.1 Å². The molecule has 7 nitrogen and oxygen atoms in total. The van der Waals surface area contributed by atoms with E-state index >= 15 is 0 Å². The van der Waals surface area contributed by atoms with Gasteiger partial charge in [0.1, 0.15) is 10.7 Å². The average Bonchev–Trinajstić information content (AvgIpc) is 3.28. The predicted octanol–water partition coefficient (Wildman–Crippen LogP) is 3.05. The van der Waals surface area contributed by atoms with Gasteiger partial charge in [0.2, 0.25) is 5.91 Å². The summed E-state index contributed by atoms with van der Waals surface area (Å²) in [5.74, 6) is 0.955. The van der Waals surface area contributed by atoms with Crippen molar-refractivity contribution in [3.05, 3.63) is 56.4 Å². The summed E-state index contributed by atoms with van der Waals surface area (Å²) in [5, 5.41) is 3.55. The van der Waals surface area contributed by atoms with Gasteiger partial charge in [-0.05, 0) is 43.0 Å². The topological polar surface area (TPSA) is 95.2 Å². The number of anilines is 1. The number of benzene rings is 1. The van der Waals surface area contributed by atoms with Gasteiger partial charge in [-0.25, -0.2) is 4.98 Å². The van der Waals surface area contributed by atoms with Gasteiger partial charge in [-0.1, -0.05) is 6.07 Å². The van der Waals surface area contributed by atoms with Crippen LogP contribution in [0.5, 0.6) is 0 Å². The Hall–Kier alpha value is -2.65. The number of carbonyl (C=O) groups is 2. The van der Waals surface area contributed by atoms with Crippen molar-refractivity contribution in [2.75, 3.05) is 25.2 Å². The minimum atomic E-state index is -0.173. The average molecular weight is 443 g/mol. The largest absolute Gasteiger partial charge is 0.345 e. The summed E-state index contributed by atoms with van der Waals surface area (Å²) in [5.41, 5.74) is 2.18. The molecule has 1 aromatic carbocycles. The van der Waals surface area contributed by atoms with Crippen molar-refractivity contribution in [3.8, 4) is 0 Å². The smallest absolute Gasteiger partial charge is 0.259 e. The Morgan fingerprint density at radius 3 is 2.93 bits per heavy atom. The third kappa shape index (κ3) is 4.27. The number of nitrogens with zero attached hydrogens (tertiary/aromatic N) is 2. The Labute approximate surface area is 181 Å². The summed E-state index contributed by atoms with van der Waals surface area (Å²) < 4.78 is 0. The molecular formula is C21H22N4O3S2. The molecule has 30 heavy (non-hydrogen) atoms. The molecule has 4 rings (SSSR count). The molecule has 2 heterocycles. The highest BCUT2D eigenvalue weighted by atomic mass is 32.2. The predicted molar refractivity (Wildman–Crippen MR) is 122 cm³/mol. The molecule has 0 radical (unpaired) electrons. The molecule has 0 bridgehead atoms. The zero-order valence-corrected chi connectivity index (χ0v) is 18.4. The van der Waals surface area contributed by atoms with Gasteiger partial charge in [0.05, 0.1) is 16.9 Å². The minimum Gasteiger partial charge on any atom is -0.345 e. The fourth-order valence-electron chi connectivity index (χ4n) is 3.54. The number of aryl methyl sites for hydroxylation is 2. The molecule has 0 unspecified atom stereocenters. The molecule has 2 amide bonds. The molecule has 0 aliphatic heterocycles. The zero-order chi connectivity index (χ0) is 21.3. The van der Waals surface area contributed by atoms with Crippen LogP contribution in [0.15, 0.2) is 29.1 Å². The fourth-order valence-corrected chi connectivity index (χ4v) is 5.51. The van der Waals surface area contributed by atoms with Crippen molar-refractivity contribution in [2.24, 2.45) is 0 Å². The molecule has 9 heteroatoms. The molecule has 156 valence electrons. The van der Waals surface area contributed by atoms with Crippen molar-refractivity contribution in [3.63, 3.8) is 0 Å². The maximum atomic E-state index is 12.5. The lowest BCUT2D eigenvalue weighted by atomic mass is 10.2. The van der Waals surface area contributed by atoms with Crippen LogP contribution in [0.3, 0.4) is 0 Å². The van der Waals surface area contributed by atoms with Gasteiger partial charge in [-0.2, -0.15) is 0 Å². The summed E-state index contributed by atoms with van der Waals surface area (Å²) in [6, 6.07) is 6.86. The van der Waals surface area contributed by atoms with Crippen LogP contribution in [0.1, 0.15) is 33.0 Å². The van der Waals surface area contributed by atoms with E-state index in [4.69, 9.17) is 0 Å².